The van der Waals surface area contributed by atoms with Gasteiger partial charge >= 0.3 is 0 Å². The molecule has 0 amide bonds. The largest absolute Gasteiger partial charge is 0.377 e. The lowest BCUT2D eigenvalue weighted by atomic mass is 10.1. The lowest BCUT2D eigenvalue weighted by Crippen LogP contribution is -2.45. The number of carbonyl (C=O) groups excluding carboxylic acids is 1. The zero-order valence-electron chi connectivity index (χ0n) is 11.7. The predicted octanol–water partition coefficient (Wildman–Crippen LogP) is 2.41. The summed E-state index contributed by atoms with van der Waals surface area (Å²) >= 11 is 0. The van der Waals surface area contributed by atoms with E-state index in [9.17, 15) is 14.9 Å². The molecular formula is C14H18N2O4. The van der Waals surface area contributed by atoms with Crippen LogP contribution in [0.5, 0.6) is 0 Å². The molecule has 0 aromatic heterocycles. The average Bonchev–Trinajstić information content (AvgIpc) is 2.46. The van der Waals surface area contributed by atoms with Crippen LogP contribution in [0.25, 0.3) is 0 Å². The number of nitrogens with zero attached hydrogens (tertiary/aromatic N) is 2. The molecule has 20 heavy (non-hydrogen) atoms. The summed E-state index contributed by atoms with van der Waals surface area (Å²) in [5, 5.41) is 11.1. The predicted molar refractivity (Wildman–Crippen MR) is 75.3 cm³/mol. The van der Waals surface area contributed by atoms with Crippen molar-refractivity contribution < 1.29 is 14.5 Å². The molecule has 1 heterocycles. The van der Waals surface area contributed by atoms with Gasteiger partial charge in [0.2, 0.25) is 0 Å². The number of nitro benzene ring substituents is 1. The Morgan fingerprint density at radius 3 is 2.90 bits per heavy atom. The van der Waals surface area contributed by atoms with E-state index in [4.69, 9.17) is 4.74 Å². The fourth-order valence-electron chi connectivity index (χ4n) is 2.48. The third-order valence-electron chi connectivity index (χ3n) is 3.59. The van der Waals surface area contributed by atoms with Crippen molar-refractivity contribution in [2.45, 2.75) is 26.3 Å². The number of Topliss-reactive ketones (excluding diaryl/α,β-unsaturated/α-hetero) is 1. The molecule has 1 aromatic rings. The summed E-state index contributed by atoms with van der Waals surface area (Å²) in [6, 6.07) is 5.02. The van der Waals surface area contributed by atoms with Gasteiger partial charge in [0.1, 0.15) is 0 Å². The number of ether oxygens (including phenoxy) is 1. The third-order valence-corrected chi connectivity index (χ3v) is 3.59. The van der Waals surface area contributed by atoms with Gasteiger partial charge in [-0.2, -0.15) is 0 Å². The van der Waals surface area contributed by atoms with Crippen molar-refractivity contribution in [3.63, 3.8) is 0 Å². The Balaban J connectivity index is 2.39. The Morgan fingerprint density at radius 2 is 2.30 bits per heavy atom. The quantitative estimate of drug-likeness (QED) is 0.480. The number of rotatable bonds is 4. The van der Waals surface area contributed by atoms with Crippen molar-refractivity contribution in [3.05, 3.63) is 33.9 Å². The van der Waals surface area contributed by atoms with Crippen LogP contribution in [-0.4, -0.2) is 36.5 Å². The van der Waals surface area contributed by atoms with Crippen LogP contribution in [-0.2, 0) is 4.74 Å². The topological polar surface area (TPSA) is 72.7 Å². The van der Waals surface area contributed by atoms with Crippen molar-refractivity contribution in [3.8, 4) is 0 Å². The molecule has 1 aliphatic heterocycles. The summed E-state index contributed by atoms with van der Waals surface area (Å²) in [5.74, 6) is -0.294. The third kappa shape index (κ3) is 2.80. The Bertz CT molecular complexity index is 530. The second-order valence-electron chi connectivity index (χ2n) is 4.85. The monoisotopic (exact) mass is 278 g/mol. The summed E-state index contributed by atoms with van der Waals surface area (Å²) in [5.41, 5.74) is 0.799. The Labute approximate surface area is 117 Å². The summed E-state index contributed by atoms with van der Waals surface area (Å²) in [6.45, 7) is 5.34. The van der Waals surface area contributed by atoms with Gasteiger partial charge in [0.25, 0.3) is 5.69 Å². The van der Waals surface area contributed by atoms with Crippen LogP contribution in [0, 0.1) is 10.1 Å². The highest BCUT2D eigenvalue weighted by molar-refractivity contribution is 5.98. The number of ketones is 1. The van der Waals surface area contributed by atoms with Crippen LogP contribution >= 0.6 is 0 Å². The summed E-state index contributed by atoms with van der Waals surface area (Å²) in [6.07, 6.45) is 0.905. The minimum absolute atomic E-state index is 0.128. The maximum atomic E-state index is 11.4. The highest BCUT2D eigenvalue weighted by Gasteiger charge is 2.25. The number of hydrogen-bond donors (Lipinski definition) is 0. The minimum atomic E-state index is -0.498. The van der Waals surface area contributed by atoms with Crippen molar-refractivity contribution in [2.24, 2.45) is 0 Å². The molecule has 6 nitrogen and oxygen atoms in total. The molecule has 0 N–H and O–H groups in total. The first-order chi connectivity index (χ1) is 9.54. The standard InChI is InChI=1S/C14H18N2O4/c1-3-11-9-20-7-6-15(11)12-4-5-13(10(2)17)14(8-12)16(18)19/h4-5,8,11H,3,6-7,9H2,1-2H3. The average molecular weight is 278 g/mol. The van der Waals surface area contributed by atoms with Crippen molar-refractivity contribution >= 4 is 17.2 Å². The van der Waals surface area contributed by atoms with Gasteiger partial charge in [0.15, 0.2) is 5.78 Å². The van der Waals surface area contributed by atoms with E-state index in [-0.39, 0.29) is 23.1 Å². The van der Waals surface area contributed by atoms with E-state index in [2.05, 4.69) is 11.8 Å². The van der Waals surface area contributed by atoms with Gasteiger partial charge in [-0.1, -0.05) is 6.92 Å². The van der Waals surface area contributed by atoms with E-state index in [1.165, 1.54) is 19.1 Å². The van der Waals surface area contributed by atoms with Gasteiger partial charge in [-0.05, 0) is 25.5 Å². The van der Waals surface area contributed by atoms with E-state index >= 15 is 0 Å². The summed E-state index contributed by atoms with van der Waals surface area (Å²) in [7, 11) is 0. The maximum Gasteiger partial charge on any atom is 0.282 e. The zero-order valence-corrected chi connectivity index (χ0v) is 11.7. The molecule has 1 fully saturated rings. The highest BCUT2D eigenvalue weighted by atomic mass is 16.6. The van der Waals surface area contributed by atoms with Gasteiger partial charge < -0.3 is 9.64 Å². The first kappa shape index (κ1) is 14.5. The van der Waals surface area contributed by atoms with Crippen LogP contribution in [0.4, 0.5) is 11.4 Å². The van der Waals surface area contributed by atoms with Gasteiger partial charge in [0, 0.05) is 18.3 Å². The van der Waals surface area contributed by atoms with Crippen molar-refractivity contribution in [1.82, 2.24) is 0 Å². The molecule has 108 valence electrons. The molecule has 0 aliphatic carbocycles. The molecule has 1 saturated heterocycles. The zero-order chi connectivity index (χ0) is 14.7. The van der Waals surface area contributed by atoms with Crippen molar-refractivity contribution in [1.29, 1.82) is 0 Å². The smallest absolute Gasteiger partial charge is 0.282 e. The Morgan fingerprint density at radius 1 is 1.55 bits per heavy atom. The molecule has 6 heteroatoms. The number of carbonyl (C=O) groups is 1. The lowest BCUT2D eigenvalue weighted by Gasteiger charge is -2.36. The molecule has 2 rings (SSSR count). The van der Waals surface area contributed by atoms with Gasteiger partial charge in [0.05, 0.1) is 29.7 Å². The van der Waals surface area contributed by atoms with Crippen LogP contribution in [0.1, 0.15) is 30.6 Å². The molecular weight excluding hydrogens is 260 g/mol. The second-order valence-corrected chi connectivity index (χ2v) is 4.85. The fourth-order valence-corrected chi connectivity index (χ4v) is 2.48. The summed E-state index contributed by atoms with van der Waals surface area (Å²) < 4.78 is 5.43. The van der Waals surface area contributed by atoms with Crippen LogP contribution in [0.3, 0.4) is 0 Å². The van der Waals surface area contributed by atoms with E-state index in [1.54, 1.807) is 6.07 Å². The van der Waals surface area contributed by atoms with Crippen LogP contribution < -0.4 is 4.90 Å². The van der Waals surface area contributed by atoms with Crippen molar-refractivity contribution in [2.75, 3.05) is 24.7 Å². The number of anilines is 1. The van der Waals surface area contributed by atoms with E-state index < -0.39 is 4.92 Å². The van der Waals surface area contributed by atoms with E-state index in [0.29, 0.717) is 19.8 Å². The molecule has 0 radical (unpaired) electrons. The SMILES string of the molecule is CCC1COCCN1c1ccc(C(C)=O)c([N+](=O)[O-])c1. The van der Waals surface area contributed by atoms with Crippen LogP contribution in [0.15, 0.2) is 18.2 Å². The van der Waals surface area contributed by atoms with Gasteiger partial charge in [-0.25, -0.2) is 0 Å². The van der Waals surface area contributed by atoms with Gasteiger partial charge in [-0.15, -0.1) is 0 Å². The number of benzene rings is 1. The molecule has 0 spiro atoms. The number of morpholine rings is 1. The van der Waals surface area contributed by atoms with E-state index in [0.717, 1.165) is 12.1 Å². The lowest BCUT2D eigenvalue weighted by molar-refractivity contribution is -0.385. The molecule has 0 bridgehead atoms. The fraction of sp³-hybridized carbons (Fsp3) is 0.500. The molecule has 1 atom stereocenters. The van der Waals surface area contributed by atoms with Gasteiger partial charge in [-0.3, -0.25) is 14.9 Å². The molecule has 1 unspecified atom stereocenters. The Kier molecular flexibility index (Phi) is 4.34. The number of hydrogen-bond acceptors (Lipinski definition) is 5. The number of nitro groups is 1. The molecule has 0 saturated carbocycles. The Hall–Kier alpha value is -1.95. The maximum absolute atomic E-state index is 11.4. The highest BCUT2D eigenvalue weighted by Crippen LogP contribution is 2.28. The normalized spacial score (nSPS) is 18.9. The second kappa shape index (κ2) is 6.00. The first-order valence-electron chi connectivity index (χ1n) is 6.68. The van der Waals surface area contributed by atoms with E-state index in [1.807, 2.05) is 0 Å². The summed E-state index contributed by atoms with van der Waals surface area (Å²) in [4.78, 5) is 24.2. The van der Waals surface area contributed by atoms with Crippen LogP contribution in [0.2, 0.25) is 0 Å². The minimum Gasteiger partial charge on any atom is -0.377 e. The first-order valence-corrected chi connectivity index (χ1v) is 6.68. The molecule has 1 aromatic carbocycles. The molecule has 1 aliphatic rings.